The third-order valence-electron chi connectivity index (χ3n) is 7.28. The standard InChI is InChI=1S/C26H25N3O5/c30-22-13-14-26(28(18-11-12-18)24(32)19-8-2-4-10-21(19)29(22)26)25(33)34-16-23(31)27-15-5-7-17-6-1-3-9-20(17)27/h1-4,6,8-10,18H,5,7,11-16H2. The van der Waals surface area contributed by atoms with Crippen molar-refractivity contribution in [2.24, 2.45) is 0 Å². The number of hydrogen-bond donors (Lipinski definition) is 0. The number of amides is 3. The highest BCUT2D eigenvalue weighted by Crippen LogP contribution is 2.49. The van der Waals surface area contributed by atoms with E-state index in [0.29, 0.717) is 17.8 Å². The van der Waals surface area contributed by atoms with Crippen LogP contribution >= 0.6 is 0 Å². The molecule has 4 aliphatic rings. The maximum Gasteiger partial charge on any atom is 0.354 e. The molecule has 34 heavy (non-hydrogen) atoms. The second kappa shape index (κ2) is 7.68. The van der Waals surface area contributed by atoms with Crippen LogP contribution in [0.25, 0.3) is 0 Å². The highest BCUT2D eigenvalue weighted by Gasteiger charge is 2.64. The van der Waals surface area contributed by atoms with Gasteiger partial charge in [-0.3, -0.25) is 19.3 Å². The third kappa shape index (κ3) is 2.97. The minimum Gasteiger partial charge on any atom is -0.452 e. The molecule has 0 spiro atoms. The lowest BCUT2D eigenvalue weighted by atomic mass is 9.96. The Morgan fingerprint density at radius 2 is 1.71 bits per heavy atom. The quantitative estimate of drug-likeness (QED) is 0.656. The number of para-hydroxylation sites is 2. The number of nitrogens with zero attached hydrogens (tertiary/aromatic N) is 3. The van der Waals surface area contributed by atoms with Crippen LogP contribution in [0.1, 0.15) is 48.0 Å². The van der Waals surface area contributed by atoms with Gasteiger partial charge < -0.3 is 14.5 Å². The molecule has 174 valence electrons. The molecule has 1 unspecified atom stereocenters. The van der Waals surface area contributed by atoms with Gasteiger partial charge in [-0.2, -0.15) is 0 Å². The average Bonchev–Trinajstić information content (AvgIpc) is 3.64. The molecule has 1 atom stereocenters. The van der Waals surface area contributed by atoms with Gasteiger partial charge in [-0.1, -0.05) is 30.3 Å². The molecule has 3 aliphatic heterocycles. The molecular weight excluding hydrogens is 434 g/mol. The Morgan fingerprint density at radius 1 is 0.971 bits per heavy atom. The third-order valence-corrected chi connectivity index (χ3v) is 7.28. The monoisotopic (exact) mass is 459 g/mol. The maximum atomic E-state index is 13.7. The maximum absolute atomic E-state index is 13.7. The number of ether oxygens (including phenoxy) is 1. The lowest BCUT2D eigenvalue weighted by molar-refractivity contribution is -0.160. The van der Waals surface area contributed by atoms with Crippen molar-refractivity contribution < 1.29 is 23.9 Å². The number of hydrogen-bond acceptors (Lipinski definition) is 5. The average molecular weight is 460 g/mol. The van der Waals surface area contributed by atoms with Gasteiger partial charge in [0.05, 0.1) is 11.3 Å². The Balaban J connectivity index is 1.30. The topological polar surface area (TPSA) is 87.2 Å². The number of carbonyl (C=O) groups excluding carboxylic acids is 4. The number of aryl methyl sites for hydroxylation is 1. The minimum absolute atomic E-state index is 0.119. The summed E-state index contributed by atoms with van der Waals surface area (Å²) in [6, 6.07) is 14.5. The Kier molecular flexibility index (Phi) is 4.72. The van der Waals surface area contributed by atoms with Crippen LogP contribution in [0, 0.1) is 0 Å². The van der Waals surface area contributed by atoms with Crippen molar-refractivity contribution >= 4 is 35.1 Å². The van der Waals surface area contributed by atoms with Crippen molar-refractivity contribution in [3.63, 3.8) is 0 Å². The summed E-state index contributed by atoms with van der Waals surface area (Å²) in [4.78, 5) is 57.9. The molecule has 2 aromatic carbocycles. The summed E-state index contributed by atoms with van der Waals surface area (Å²) in [5.41, 5.74) is 1.24. The van der Waals surface area contributed by atoms with Gasteiger partial charge in [-0.05, 0) is 49.4 Å². The summed E-state index contributed by atoms with van der Waals surface area (Å²) in [5.74, 6) is -1.52. The van der Waals surface area contributed by atoms with Crippen molar-refractivity contribution in [3.05, 3.63) is 59.7 Å². The first-order chi connectivity index (χ1) is 16.5. The van der Waals surface area contributed by atoms with Crippen molar-refractivity contribution in [2.45, 2.75) is 50.2 Å². The van der Waals surface area contributed by atoms with E-state index < -0.39 is 18.2 Å². The zero-order chi connectivity index (χ0) is 23.4. The first kappa shape index (κ1) is 20.9. The van der Waals surface area contributed by atoms with E-state index in [9.17, 15) is 19.2 Å². The molecule has 8 nitrogen and oxygen atoms in total. The van der Waals surface area contributed by atoms with Gasteiger partial charge in [0.25, 0.3) is 11.8 Å². The number of esters is 1. The van der Waals surface area contributed by atoms with Crippen LogP contribution in [-0.4, -0.2) is 53.4 Å². The smallest absolute Gasteiger partial charge is 0.354 e. The fourth-order valence-corrected chi connectivity index (χ4v) is 5.63. The molecule has 1 saturated heterocycles. The molecular formula is C26H25N3O5. The van der Waals surface area contributed by atoms with E-state index in [1.54, 1.807) is 34.1 Å². The molecule has 3 amide bonds. The first-order valence-corrected chi connectivity index (χ1v) is 11.8. The van der Waals surface area contributed by atoms with E-state index in [1.165, 1.54) is 4.90 Å². The molecule has 2 fully saturated rings. The van der Waals surface area contributed by atoms with Crippen LogP contribution in [0.4, 0.5) is 11.4 Å². The molecule has 0 bridgehead atoms. The number of fused-ring (bicyclic) bond motifs is 4. The highest BCUT2D eigenvalue weighted by atomic mass is 16.5. The van der Waals surface area contributed by atoms with Crippen molar-refractivity contribution in [3.8, 4) is 0 Å². The lowest BCUT2D eigenvalue weighted by Crippen LogP contribution is -2.69. The van der Waals surface area contributed by atoms with Gasteiger partial charge in [0.1, 0.15) is 0 Å². The van der Waals surface area contributed by atoms with Gasteiger partial charge in [-0.25, -0.2) is 4.79 Å². The van der Waals surface area contributed by atoms with E-state index >= 15 is 0 Å². The minimum atomic E-state index is -1.54. The molecule has 0 radical (unpaired) electrons. The molecule has 0 N–H and O–H groups in total. The Bertz CT molecular complexity index is 1220. The van der Waals surface area contributed by atoms with E-state index in [0.717, 1.165) is 36.9 Å². The summed E-state index contributed by atoms with van der Waals surface area (Å²) in [6.07, 6.45) is 3.57. The second-order valence-corrected chi connectivity index (χ2v) is 9.32. The van der Waals surface area contributed by atoms with E-state index in [-0.39, 0.29) is 36.6 Å². The first-order valence-electron chi connectivity index (χ1n) is 11.8. The second-order valence-electron chi connectivity index (χ2n) is 9.32. The van der Waals surface area contributed by atoms with Crippen LogP contribution < -0.4 is 9.80 Å². The van der Waals surface area contributed by atoms with Crippen LogP contribution in [0.2, 0.25) is 0 Å². The van der Waals surface area contributed by atoms with Crippen LogP contribution in [0.15, 0.2) is 48.5 Å². The lowest BCUT2D eigenvalue weighted by Gasteiger charge is -2.48. The van der Waals surface area contributed by atoms with Gasteiger partial charge in [0, 0.05) is 31.1 Å². The van der Waals surface area contributed by atoms with Gasteiger partial charge >= 0.3 is 5.97 Å². The normalized spacial score (nSPS) is 23.4. The summed E-state index contributed by atoms with van der Waals surface area (Å²) >= 11 is 0. The molecule has 1 aliphatic carbocycles. The zero-order valence-electron chi connectivity index (χ0n) is 18.7. The fraction of sp³-hybridized carbons (Fsp3) is 0.385. The van der Waals surface area contributed by atoms with Crippen molar-refractivity contribution in [2.75, 3.05) is 23.0 Å². The summed E-state index contributed by atoms with van der Waals surface area (Å²) in [5, 5.41) is 0. The molecule has 1 saturated carbocycles. The molecule has 8 heteroatoms. The predicted molar refractivity (Wildman–Crippen MR) is 123 cm³/mol. The fourth-order valence-electron chi connectivity index (χ4n) is 5.63. The van der Waals surface area contributed by atoms with E-state index in [4.69, 9.17) is 4.74 Å². The Morgan fingerprint density at radius 3 is 2.50 bits per heavy atom. The SMILES string of the molecule is O=C(COC(=O)C12CCC(=O)N1c1ccccc1C(=O)N2C1CC1)N1CCCc2ccccc21. The largest absolute Gasteiger partial charge is 0.452 e. The number of anilines is 2. The molecule has 2 aromatic rings. The summed E-state index contributed by atoms with van der Waals surface area (Å²) in [7, 11) is 0. The van der Waals surface area contributed by atoms with Crippen LogP contribution in [0.3, 0.4) is 0 Å². The highest BCUT2D eigenvalue weighted by molar-refractivity contribution is 6.16. The van der Waals surface area contributed by atoms with Crippen LogP contribution in [0.5, 0.6) is 0 Å². The number of benzene rings is 2. The Labute approximate surface area is 197 Å². The molecule has 3 heterocycles. The molecule has 6 rings (SSSR count). The number of rotatable bonds is 4. The van der Waals surface area contributed by atoms with Gasteiger partial charge in [0.15, 0.2) is 6.61 Å². The molecule has 0 aromatic heterocycles. The zero-order valence-corrected chi connectivity index (χ0v) is 18.7. The van der Waals surface area contributed by atoms with Crippen molar-refractivity contribution in [1.29, 1.82) is 0 Å². The van der Waals surface area contributed by atoms with Gasteiger partial charge in [0.2, 0.25) is 11.6 Å². The van der Waals surface area contributed by atoms with Crippen LogP contribution in [-0.2, 0) is 25.5 Å². The predicted octanol–water partition coefficient (Wildman–Crippen LogP) is 2.65. The number of carbonyl (C=O) groups is 4. The summed E-state index contributed by atoms with van der Waals surface area (Å²) < 4.78 is 5.62. The van der Waals surface area contributed by atoms with E-state index in [1.807, 2.05) is 24.3 Å². The van der Waals surface area contributed by atoms with E-state index in [2.05, 4.69) is 0 Å². The van der Waals surface area contributed by atoms with Crippen molar-refractivity contribution in [1.82, 2.24) is 4.90 Å². The Hall–Kier alpha value is -3.68. The summed E-state index contributed by atoms with van der Waals surface area (Å²) in [6.45, 7) is 0.120. The van der Waals surface area contributed by atoms with Gasteiger partial charge in [-0.15, -0.1) is 0 Å².